The zero-order valence-electron chi connectivity index (χ0n) is 13.4. The van der Waals surface area contributed by atoms with Crippen LogP contribution in [0.1, 0.15) is 51.4 Å². The number of piperidine rings is 1. The summed E-state index contributed by atoms with van der Waals surface area (Å²) in [6.45, 7) is 0. The van der Waals surface area contributed by atoms with E-state index in [0.717, 1.165) is 38.5 Å². The van der Waals surface area contributed by atoms with Gasteiger partial charge in [-0.05, 0) is 74.5 Å². The van der Waals surface area contributed by atoms with Crippen LogP contribution in [0.2, 0.25) is 0 Å². The zero-order valence-corrected chi connectivity index (χ0v) is 13.4. The van der Waals surface area contributed by atoms with Gasteiger partial charge in [-0.3, -0.25) is 4.79 Å². The minimum absolute atomic E-state index is 0.0212. The second kappa shape index (κ2) is 4.29. The van der Waals surface area contributed by atoms with Crippen molar-refractivity contribution in [3.63, 3.8) is 0 Å². The minimum atomic E-state index is -0.594. The summed E-state index contributed by atoms with van der Waals surface area (Å²) in [6.07, 6.45) is 7.48. The summed E-state index contributed by atoms with van der Waals surface area (Å²) < 4.78 is 0. The third-order valence-corrected chi connectivity index (χ3v) is 7.51. The molecule has 3 N–H and O–H groups in total. The van der Waals surface area contributed by atoms with Gasteiger partial charge in [0.05, 0.1) is 17.7 Å². The van der Waals surface area contributed by atoms with E-state index in [0.29, 0.717) is 24.2 Å². The standard InChI is InChI=1S/C18H25N3O2/c19-8-13-2-12-3-14(12)21(13)16(22)15(20)17-4-10-1-11(5-17)7-18(23,6-10)9-17/h10-15,23H,1-7,9,20H2/t10?,11?,12-,13?,14?,15+,17?,18?/m0/s1. The van der Waals surface area contributed by atoms with Gasteiger partial charge in [0.2, 0.25) is 5.91 Å². The van der Waals surface area contributed by atoms with Gasteiger partial charge in [-0.2, -0.15) is 5.26 Å². The van der Waals surface area contributed by atoms with Crippen molar-refractivity contribution in [3.05, 3.63) is 0 Å². The molecule has 23 heavy (non-hydrogen) atoms. The van der Waals surface area contributed by atoms with E-state index in [-0.39, 0.29) is 23.4 Å². The molecule has 0 spiro atoms. The lowest BCUT2D eigenvalue weighted by Gasteiger charge is -2.61. The maximum absolute atomic E-state index is 13.1. The fourth-order valence-corrected chi connectivity index (χ4v) is 6.96. The van der Waals surface area contributed by atoms with E-state index in [1.807, 2.05) is 0 Å². The van der Waals surface area contributed by atoms with E-state index in [4.69, 9.17) is 5.73 Å². The second-order valence-electron chi connectivity index (χ2n) is 9.21. The molecule has 1 amide bonds. The predicted molar refractivity (Wildman–Crippen MR) is 82.8 cm³/mol. The highest BCUT2D eigenvalue weighted by molar-refractivity contribution is 5.84. The van der Waals surface area contributed by atoms with Crippen LogP contribution in [0.25, 0.3) is 0 Å². The molecule has 5 aliphatic carbocycles. The van der Waals surface area contributed by atoms with Crippen molar-refractivity contribution in [1.29, 1.82) is 5.26 Å². The number of carbonyl (C=O) groups is 1. The first-order valence-electron chi connectivity index (χ1n) is 9.13. The number of likely N-dealkylation sites (tertiary alicyclic amines) is 1. The molecule has 124 valence electrons. The molecular weight excluding hydrogens is 290 g/mol. The molecule has 0 radical (unpaired) electrons. The first-order valence-corrected chi connectivity index (χ1v) is 9.13. The van der Waals surface area contributed by atoms with Gasteiger partial charge in [-0.1, -0.05) is 0 Å². The molecule has 4 unspecified atom stereocenters. The normalized spacial score (nSPS) is 53.8. The molecule has 6 fully saturated rings. The SMILES string of the molecule is N#CC1C[C@H]2CC2N1C(=O)[C@@H](N)C12CC3CC(CC(O)(C3)C1)C2. The van der Waals surface area contributed by atoms with E-state index in [2.05, 4.69) is 6.07 Å². The zero-order chi connectivity index (χ0) is 16.0. The van der Waals surface area contributed by atoms with Crippen molar-refractivity contribution in [2.24, 2.45) is 28.9 Å². The minimum Gasteiger partial charge on any atom is -0.390 e. The van der Waals surface area contributed by atoms with E-state index in [9.17, 15) is 15.2 Å². The van der Waals surface area contributed by atoms with Crippen LogP contribution in [0.4, 0.5) is 0 Å². The van der Waals surface area contributed by atoms with Crippen molar-refractivity contribution < 1.29 is 9.90 Å². The number of rotatable bonds is 2. The molecule has 5 heteroatoms. The highest BCUT2D eigenvalue weighted by atomic mass is 16.3. The first-order chi connectivity index (χ1) is 10.9. The summed E-state index contributed by atoms with van der Waals surface area (Å²) >= 11 is 0. The van der Waals surface area contributed by atoms with Crippen LogP contribution < -0.4 is 5.73 Å². The average molecular weight is 315 g/mol. The lowest BCUT2D eigenvalue weighted by molar-refractivity contribution is -0.177. The van der Waals surface area contributed by atoms with Gasteiger partial charge in [0.15, 0.2) is 0 Å². The third kappa shape index (κ3) is 1.88. The Kier molecular flexibility index (Phi) is 2.65. The Morgan fingerprint density at radius 1 is 1.22 bits per heavy atom. The van der Waals surface area contributed by atoms with Crippen LogP contribution in [-0.4, -0.2) is 39.6 Å². The number of nitriles is 1. The largest absolute Gasteiger partial charge is 0.390 e. The number of nitrogens with two attached hydrogens (primary N) is 1. The van der Waals surface area contributed by atoms with Crippen LogP contribution in [0.15, 0.2) is 0 Å². The van der Waals surface area contributed by atoms with Gasteiger partial charge < -0.3 is 15.7 Å². The lowest BCUT2D eigenvalue weighted by atomic mass is 9.46. The van der Waals surface area contributed by atoms with Crippen molar-refractivity contribution >= 4 is 5.91 Å². The molecule has 6 atom stereocenters. The quantitative estimate of drug-likeness (QED) is 0.800. The summed E-state index contributed by atoms with van der Waals surface area (Å²) in [7, 11) is 0. The highest BCUT2D eigenvalue weighted by Gasteiger charge is 2.62. The molecule has 0 aromatic rings. The topological polar surface area (TPSA) is 90.4 Å². The number of hydrogen-bond acceptors (Lipinski definition) is 4. The fraction of sp³-hybridized carbons (Fsp3) is 0.889. The molecule has 0 aromatic heterocycles. The van der Waals surface area contributed by atoms with Crippen LogP contribution in [0.5, 0.6) is 0 Å². The summed E-state index contributed by atoms with van der Waals surface area (Å²) in [5, 5.41) is 20.2. The summed E-state index contributed by atoms with van der Waals surface area (Å²) in [4.78, 5) is 14.9. The van der Waals surface area contributed by atoms with Gasteiger partial charge in [-0.15, -0.1) is 0 Å². The number of hydrogen-bond donors (Lipinski definition) is 2. The molecular formula is C18H25N3O2. The van der Waals surface area contributed by atoms with Crippen LogP contribution in [0.3, 0.4) is 0 Å². The van der Waals surface area contributed by atoms with Gasteiger partial charge in [0.1, 0.15) is 6.04 Å². The number of fused-ring (bicyclic) bond motifs is 1. The second-order valence-corrected chi connectivity index (χ2v) is 9.21. The molecule has 4 bridgehead atoms. The lowest BCUT2D eigenvalue weighted by Crippen LogP contribution is -2.64. The van der Waals surface area contributed by atoms with Crippen molar-refractivity contribution in [2.45, 2.75) is 75.1 Å². The van der Waals surface area contributed by atoms with Gasteiger partial charge in [0.25, 0.3) is 0 Å². The Labute approximate surface area is 136 Å². The Bertz CT molecular complexity index is 598. The smallest absolute Gasteiger partial charge is 0.241 e. The number of nitrogens with zero attached hydrogens (tertiary/aromatic N) is 2. The molecule has 5 nitrogen and oxygen atoms in total. The molecule has 0 aromatic carbocycles. The van der Waals surface area contributed by atoms with E-state index in [1.54, 1.807) is 4.90 Å². The average Bonchev–Trinajstić information content (AvgIpc) is 3.14. The summed E-state index contributed by atoms with van der Waals surface area (Å²) in [6, 6.07) is 1.72. The van der Waals surface area contributed by atoms with Crippen molar-refractivity contribution in [3.8, 4) is 6.07 Å². The van der Waals surface area contributed by atoms with Crippen LogP contribution in [0, 0.1) is 34.5 Å². The molecule has 6 aliphatic rings. The molecule has 6 rings (SSSR count). The Morgan fingerprint density at radius 2 is 1.91 bits per heavy atom. The monoisotopic (exact) mass is 315 g/mol. The fourth-order valence-electron chi connectivity index (χ4n) is 6.96. The molecule has 1 saturated heterocycles. The Balaban J connectivity index is 1.43. The Hall–Kier alpha value is -1.12. The molecule has 1 aliphatic heterocycles. The number of amides is 1. The molecule has 5 saturated carbocycles. The highest BCUT2D eigenvalue weighted by Crippen LogP contribution is 2.63. The maximum atomic E-state index is 13.1. The summed E-state index contributed by atoms with van der Waals surface area (Å²) in [5.74, 6) is 1.56. The Morgan fingerprint density at radius 3 is 2.52 bits per heavy atom. The third-order valence-electron chi connectivity index (χ3n) is 7.51. The predicted octanol–water partition coefficient (Wildman–Crippen LogP) is 1.16. The van der Waals surface area contributed by atoms with Gasteiger partial charge >= 0.3 is 0 Å². The van der Waals surface area contributed by atoms with E-state index < -0.39 is 11.6 Å². The first kappa shape index (κ1) is 14.2. The van der Waals surface area contributed by atoms with Crippen LogP contribution in [-0.2, 0) is 4.79 Å². The van der Waals surface area contributed by atoms with Crippen molar-refractivity contribution in [1.82, 2.24) is 4.90 Å². The van der Waals surface area contributed by atoms with Gasteiger partial charge in [0, 0.05) is 6.04 Å². The number of aliphatic hydroxyl groups is 1. The maximum Gasteiger partial charge on any atom is 0.241 e. The van der Waals surface area contributed by atoms with E-state index >= 15 is 0 Å². The van der Waals surface area contributed by atoms with E-state index in [1.165, 1.54) is 6.42 Å². The van der Waals surface area contributed by atoms with Crippen molar-refractivity contribution in [2.75, 3.05) is 0 Å². The van der Waals surface area contributed by atoms with Crippen LogP contribution >= 0.6 is 0 Å². The number of carbonyl (C=O) groups excluding carboxylic acids is 1. The summed E-state index contributed by atoms with van der Waals surface area (Å²) in [5.41, 5.74) is 5.71. The van der Waals surface area contributed by atoms with Gasteiger partial charge in [-0.25, -0.2) is 0 Å². The molecule has 1 heterocycles.